The van der Waals surface area contributed by atoms with Crippen molar-refractivity contribution in [1.82, 2.24) is 0 Å². The molecule has 71 valence electrons. The molecule has 0 N–H and O–H groups in total. The lowest BCUT2D eigenvalue weighted by molar-refractivity contribution is 0.799. The number of benzene rings is 2. The molecule has 0 aliphatic heterocycles. The summed E-state index contributed by atoms with van der Waals surface area (Å²) in [7, 11) is 0. The topological polar surface area (TPSA) is 0 Å². The van der Waals surface area contributed by atoms with Crippen LogP contribution in [0.1, 0.15) is 25.3 Å². The molecule has 0 saturated heterocycles. The van der Waals surface area contributed by atoms with Crippen LogP contribution in [0.3, 0.4) is 0 Å². The Labute approximate surface area is 85.6 Å². The standard InChI is InChI=1S/C14H15/c1-2-3-7-12-9-6-10-13-8-4-5-11-14(12)13/h4,6,8-11H,2-3,7H2,1H3. The molecule has 14 heavy (non-hydrogen) atoms. The van der Waals surface area contributed by atoms with Crippen molar-refractivity contribution in [2.75, 3.05) is 0 Å². The molecular formula is C14H15. The van der Waals surface area contributed by atoms with E-state index in [4.69, 9.17) is 0 Å². The van der Waals surface area contributed by atoms with Crippen molar-refractivity contribution in [3.63, 3.8) is 0 Å². The third kappa shape index (κ3) is 1.79. The van der Waals surface area contributed by atoms with E-state index in [1.807, 2.05) is 6.07 Å². The first kappa shape index (κ1) is 9.26. The maximum Gasteiger partial charge on any atom is -0.0146 e. The van der Waals surface area contributed by atoms with Gasteiger partial charge in [-0.15, -0.1) is 0 Å². The highest BCUT2D eigenvalue weighted by Gasteiger charge is 1.98. The van der Waals surface area contributed by atoms with E-state index in [1.165, 1.54) is 35.6 Å². The maximum atomic E-state index is 3.15. The molecule has 0 unspecified atom stereocenters. The van der Waals surface area contributed by atoms with Gasteiger partial charge in [0.15, 0.2) is 0 Å². The number of unbranched alkanes of at least 4 members (excludes halogenated alkanes) is 1. The van der Waals surface area contributed by atoms with Gasteiger partial charge in [0.25, 0.3) is 0 Å². The fourth-order valence-corrected chi connectivity index (χ4v) is 1.81. The van der Waals surface area contributed by atoms with Gasteiger partial charge in [0.2, 0.25) is 0 Å². The van der Waals surface area contributed by atoms with E-state index in [-0.39, 0.29) is 0 Å². The van der Waals surface area contributed by atoms with Gasteiger partial charge in [0, 0.05) is 0 Å². The Morgan fingerprint density at radius 2 is 2.14 bits per heavy atom. The molecule has 2 rings (SSSR count). The molecule has 0 heterocycles. The molecule has 0 heteroatoms. The van der Waals surface area contributed by atoms with Crippen LogP contribution in [0.2, 0.25) is 0 Å². The van der Waals surface area contributed by atoms with Crippen molar-refractivity contribution in [2.45, 2.75) is 26.2 Å². The summed E-state index contributed by atoms with van der Waals surface area (Å²) >= 11 is 0. The lowest BCUT2D eigenvalue weighted by Crippen LogP contribution is -1.86. The normalized spacial score (nSPS) is 10.6. The summed E-state index contributed by atoms with van der Waals surface area (Å²) in [6, 6.07) is 15.9. The first-order valence-electron chi connectivity index (χ1n) is 5.29. The van der Waals surface area contributed by atoms with Gasteiger partial charge in [0.1, 0.15) is 0 Å². The van der Waals surface area contributed by atoms with Crippen LogP contribution in [0.4, 0.5) is 0 Å². The van der Waals surface area contributed by atoms with Gasteiger partial charge in [-0.05, 0) is 41.3 Å². The molecule has 2 aromatic rings. The van der Waals surface area contributed by atoms with Gasteiger partial charge in [-0.2, -0.15) is 0 Å². The monoisotopic (exact) mass is 183 g/mol. The molecule has 0 aliphatic carbocycles. The zero-order valence-corrected chi connectivity index (χ0v) is 8.59. The Kier molecular flexibility index (Phi) is 2.83. The van der Waals surface area contributed by atoms with Crippen LogP contribution in [0, 0.1) is 6.07 Å². The van der Waals surface area contributed by atoms with Gasteiger partial charge in [-0.1, -0.05) is 43.7 Å². The highest BCUT2D eigenvalue weighted by molar-refractivity contribution is 5.85. The Balaban J connectivity index is 2.43. The predicted octanol–water partition coefficient (Wildman–Crippen LogP) is 3.98. The first-order valence-corrected chi connectivity index (χ1v) is 5.29. The summed E-state index contributed by atoms with van der Waals surface area (Å²) in [6.07, 6.45) is 3.71. The summed E-state index contributed by atoms with van der Waals surface area (Å²) in [5.74, 6) is 0. The minimum absolute atomic E-state index is 1.19. The quantitative estimate of drug-likeness (QED) is 0.675. The summed E-state index contributed by atoms with van der Waals surface area (Å²) < 4.78 is 0. The summed E-state index contributed by atoms with van der Waals surface area (Å²) in [5.41, 5.74) is 1.46. The second kappa shape index (κ2) is 4.28. The summed E-state index contributed by atoms with van der Waals surface area (Å²) in [5, 5.41) is 2.70. The van der Waals surface area contributed by atoms with Crippen LogP contribution in [-0.2, 0) is 6.42 Å². The number of hydrogen-bond acceptors (Lipinski definition) is 0. The van der Waals surface area contributed by atoms with E-state index in [9.17, 15) is 0 Å². The molecule has 0 atom stereocenters. The number of hydrogen-bond donors (Lipinski definition) is 0. The van der Waals surface area contributed by atoms with Gasteiger partial charge in [-0.25, -0.2) is 0 Å². The van der Waals surface area contributed by atoms with Crippen molar-refractivity contribution >= 4 is 10.8 Å². The zero-order valence-electron chi connectivity index (χ0n) is 8.59. The molecule has 0 aromatic heterocycles. The van der Waals surface area contributed by atoms with E-state index in [2.05, 4.69) is 43.3 Å². The highest BCUT2D eigenvalue weighted by Crippen LogP contribution is 2.19. The van der Waals surface area contributed by atoms with Crippen LogP contribution < -0.4 is 0 Å². The maximum absolute atomic E-state index is 3.15. The largest absolute Gasteiger partial charge is 0.0654 e. The second-order valence-electron chi connectivity index (χ2n) is 3.67. The zero-order chi connectivity index (χ0) is 9.80. The molecule has 0 saturated carbocycles. The summed E-state index contributed by atoms with van der Waals surface area (Å²) in [6.45, 7) is 2.23. The van der Waals surface area contributed by atoms with Crippen LogP contribution in [0.5, 0.6) is 0 Å². The van der Waals surface area contributed by atoms with E-state index < -0.39 is 0 Å². The smallest absolute Gasteiger partial charge is 0.0146 e. The second-order valence-corrected chi connectivity index (χ2v) is 3.67. The Bertz CT molecular complexity index is 410. The lowest BCUT2D eigenvalue weighted by Gasteiger charge is -2.04. The fraction of sp³-hybridized carbons (Fsp3) is 0.286. The molecule has 0 nitrogen and oxygen atoms in total. The van der Waals surface area contributed by atoms with Crippen LogP contribution in [0.25, 0.3) is 10.8 Å². The minimum Gasteiger partial charge on any atom is -0.0654 e. The molecule has 0 bridgehead atoms. The summed E-state index contributed by atoms with van der Waals surface area (Å²) in [4.78, 5) is 0. The highest BCUT2D eigenvalue weighted by atomic mass is 14.0. The minimum atomic E-state index is 1.19. The van der Waals surface area contributed by atoms with E-state index in [0.29, 0.717) is 0 Å². The van der Waals surface area contributed by atoms with E-state index in [1.54, 1.807) is 0 Å². The van der Waals surface area contributed by atoms with Crippen molar-refractivity contribution in [1.29, 1.82) is 0 Å². The average Bonchev–Trinajstić information content (AvgIpc) is 2.26. The van der Waals surface area contributed by atoms with Crippen molar-refractivity contribution in [3.8, 4) is 0 Å². The fourth-order valence-electron chi connectivity index (χ4n) is 1.81. The van der Waals surface area contributed by atoms with Gasteiger partial charge >= 0.3 is 0 Å². The molecule has 0 spiro atoms. The van der Waals surface area contributed by atoms with E-state index >= 15 is 0 Å². The van der Waals surface area contributed by atoms with Crippen molar-refractivity contribution in [3.05, 3.63) is 48.0 Å². The molecule has 1 radical (unpaired) electrons. The molecule has 0 aliphatic rings. The van der Waals surface area contributed by atoms with Crippen molar-refractivity contribution < 1.29 is 0 Å². The third-order valence-electron chi connectivity index (χ3n) is 2.62. The number of rotatable bonds is 3. The molecule has 2 aromatic carbocycles. The molecule has 0 amide bonds. The van der Waals surface area contributed by atoms with Gasteiger partial charge < -0.3 is 0 Å². The molecule has 0 fully saturated rings. The van der Waals surface area contributed by atoms with Crippen molar-refractivity contribution in [2.24, 2.45) is 0 Å². The SMILES string of the molecule is CCCCc1cccc2cc[c]cc12. The van der Waals surface area contributed by atoms with Crippen LogP contribution in [-0.4, -0.2) is 0 Å². The average molecular weight is 183 g/mol. The number of aryl methyl sites for hydroxylation is 1. The first-order chi connectivity index (χ1) is 6.92. The Hall–Kier alpha value is -1.30. The Morgan fingerprint density at radius 3 is 3.00 bits per heavy atom. The predicted molar refractivity (Wildman–Crippen MR) is 61.4 cm³/mol. The molecular weight excluding hydrogens is 168 g/mol. The van der Waals surface area contributed by atoms with Gasteiger partial charge in [-0.3, -0.25) is 0 Å². The third-order valence-corrected chi connectivity index (χ3v) is 2.62. The van der Waals surface area contributed by atoms with Crippen LogP contribution >= 0.6 is 0 Å². The number of fused-ring (bicyclic) bond motifs is 1. The van der Waals surface area contributed by atoms with E-state index in [0.717, 1.165) is 0 Å². The lowest BCUT2D eigenvalue weighted by atomic mass is 10.0. The van der Waals surface area contributed by atoms with Crippen LogP contribution in [0.15, 0.2) is 36.4 Å². The Morgan fingerprint density at radius 1 is 1.21 bits per heavy atom. The van der Waals surface area contributed by atoms with Gasteiger partial charge in [0.05, 0.1) is 0 Å².